The number of nitrogens with two attached hydrogens (primary N) is 2. The third kappa shape index (κ3) is 3.24. The van der Waals surface area contributed by atoms with Crippen molar-refractivity contribution in [3.05, 3.63) is 41.7 Å². The van der Waals surface area contributed by atoms with Gasteiger partial charge in [-0.2, -0.15) is 5.10 Å². The van der Waals surface area contributed by atoms with E-state index in [0.717, 1.165) is 0 Å². The largest absolute Gasteiger partial charge is 0.366 e. The van der Waals surface area contributed by atoms with Gasteiger partial charge in [0.15, 0.2) is 0 Å². The lowest BCUT2D eigenvalue weighted by molar-refractivity contribution is 0.0999. The molecule has 0 saturated heterocycles. The quantitative estimate of drug-likeness (QED) is 0.789. The number of hydrogen-bond acceptors (Lipinski definition) is 3. The molecule has 8 heteroatoms. The van der Waals surface area contributed by atoms with Crippen molar-refractivity contribution in [2.24, 2.45) is 11.5 Å². The van der Waals surface area contributed by atoms with E-state index in [1.807, 2.05) is 0 Å². The maximum absolute atomic E-state index is 11.3. The minimum atomic E-state index is -0.621. The fourth-order valence-corrected chi connectivity index (χ4v) is 1.66. The van der Waals surface area contributed by atoms with Crippen LogP contribution in [0.15, 0.2) is 30.6 Å². The highest BCUT2D eigenvalue weighted by molar-refractivity contribution is 6.08. The topological polar surface area (TPSA) is 115 Å². The summed E-state index contributed by atoms with van der Waals surface area (Å²) in [6, 6.07) is 4.64. The molecule has 0 aliphatic rings. The van der Waals surface area contributed by atoms with Crippen molar-refractivity contribution in [3.63, 3.8) is 0 Å². The monoisotopic (exact) mass is 302 g/mol. The highest BCUT2D eigenvalue weighted by Crippen LogP contribution is 2.26. The predicted molar refractivity (Wildman–Crippen MR) is 75.6 cm³/mol. The van der Waals surface area contributed by atoms with E-state index in [9.17, 15) is 9.59 Å². The van der Waals surface area contributed by atoms with Gasteiger partial charge in [0.2, 0.25) is 11.8 Å². The number of rotatable bonds is 3. The SMILES string of the molecule is Cl.Cl.NC(=O)c1cccc(C(N)=O)c1-c1cn[nH]c1. The maximum Gasteiger partial charge on any atom is 0.249 e. The number of primary amides is 2. The van der Waals surface area contributed by atoms with Gasteiger partial charge in [-0.15, -0.1) is 24.8 Å². The predicted octanol–water partition coefficient (Wildman–Crippen LogP) is 1.12. The van der Waals surface area contributed by atoms with Gasteiger partial charge in [0, 0.05) is 28.5 Å². The van der Waals surface area contributed by atoms with E-state index in [2.05, 4.69) is 10.2 Å². The Bertz CT molecular complexity index is 552. The van der Waals surface area contributed by atoms with E-state index < -0.39 is 11.8 Å². The van der Waals surface area contributed by atoms with Crippen LogP contribution in [0.2, 0.25) is 0 Å². The van der Waals surface area contributed by atoms with Gasteiger partial charge in [0.25, 0.3) is 0 Å². The van der Waals surface area contributed by atoms with E-state index in [1.165, 1.54) is 18.3 Å². The number of carbonyl (C=O) groups is 2. The number of hydrogen-bond donors (Lipinski definition) is 3. The molecule has 19 heavy (non-hydrogen) atoms. The van der Waals surface area contributed by atoms with Crippen molar-refractivity contribution in [1.29, 1.82) is 0 Å². The first-order valence-electron chi connectivity index (χ1n) is 4.83. The summed E-state index contributed by atoms with van der Waals surface area (Å²) in [5, 5.41) is 6.38. The molecule has 0 aliphatic heterocycles. The lowest BCUT2D eigenvalue weighted by atomic mass is 9.95. The number of halogens is 2. The molecule has 2 aromatic rings. The minimum Gasteiger partial charge on any atom is -0.366 e. The minimum absolute atomic E-state index is 0. The Morgan fingerprint density at radius 2 is 1.58 bits per heavy atom. The summed E-state index contributed by atoms with van der Waals surface area (Å²) in [6.45, 7) is 0. The molecule has 0 unspecified atom stereocenters. The molecule has 0 bridgehead atoms. The Morgan fingerprint density at radius 3 is 1.95 bits per heavy atom. The van der Waals surface area contributed by atoms with Crippen LogP contribution in [0, 0.1) is 0 Å². The fraction of sp³-hybridized carbons (Fsp3) is 0. The second-order valence-electron chi connectivity index (χ2n) is 3.44. The maximum atomic E-state index is 11.3. The van der Waals surface area contributed by atoms with Gasteiger partial charge < -0.3 is 11.5 Å². The molecule has 0 aliphatic carbocycles. The van der Waals surface area contributed by atoms with Crippen LogP contribution in [0.5, 0.6) is 0 Å². The summed E-state index contributed by atoms with van der Waals surface area (Å²) in [6.07, 6.45) is 3.06. The van der Waals surface area contributed by atoms with Crippen LogP contribution in [0.1, 0.15) is 20.7 Å². The second-order valence-corrected chi connectivity index (χ2v) is 3.44. The molecule has 1 aromatic carbocycles. The molecule has 6 nitrogen and oxygen atoms in total. The van der Waals surface area contributed by atoms with Gasteiger partial charge in [0.05, 0.1) is 6.20 Å². The lowest BCUT2D eigenvalue weighted by Gasteiger charge is -2.08. The molecule has 0 radical (unpaired) electrons. The Labute approximate surface area is 121 Å². The molecule has 0 spiro atoms. The van der Waals surface area contributed by atoms with Crippen LogP contribution in [-0.2, 0) is 0 Å². The highest BCUT2D eigenvalue weighted by atomic mass is 35.5. The first kappa shape index (κ1) is 16.9. The highest BCUT2D eigenvalue weighted by Gasteiger charge is 2.17. The third-order valence-corrected chi connectivity index (χ3v) is 2.38. The molecule has 2 rings (SSSR count). The molecular weight excluding hydrogens is 291 g/mol. The van der Waals surface area contributed by atoms with Crippen LogP contribution in [0.25, 0.3) is 11.1 Å². The van der Waals surface area contributed by atoms with Crippen molar-refractivity contribution in [1.82, 2.24) is 10.2 Å². The molecule has 1 aromatic heterocycles. The van der Waals surface area contributed by atoms with Crippen molar-refractivity contribution in [2.45, 2.75) is 0 Å². The van der Waals surface area contributed by atoms with Gasteiger partial charge in [-0.3, -0.25) is 14.7 Å². The standard InChI is InChI=1S/C11H10N4O2.2ClH/c12-10(16)7-2-1-3-8(11(13)17)9(7)6-4-14-15-5-6;;/h1-5H,(H2,12,16)(H2,13,17)(H,14,15);2*1H. The Kier molecular flexibility index (Phi) is 6.04. The van der Waals surface area contributed by atoms with Crippen LogP contribution in [0.3, 0.4) is 0 Å². The zero-order valence-corrected chi connectivity index (χ0v) is 11.3. The number of nitrogens with one attached hydrogen (secondary N) is 1. The van der Waals surface area contributed by atoms with Gasteiger partial charge in [-0.25, -0.2) is 0 Å². The molecule has 1 heterocycles. The zero-order valence-electron chi connectivity index (χ0n) is 9.62. The van der Waals surface area contributed by atoms with Crippen LogP contribution in [0.4, 0.5) is 0 Å². The van der Waals surface area contributed by atoms with Gasteiger partial charge in [0.1, 0.15) is 0 Å². The average Bonchev–Trinajstić information content (AvgIpc) is 2.80. The summed E-state index contributed by atoms with van der Waals surface area (Å²) in [7, 11) is 0. The summed E-state index contributed by atoms with van der Waals surface area (Å²) >= 11 is 0. The van der Waals surface area contributed by atoms with Crippen molar-refractivity contribution in [3.8, 4) is 11.1 Å². The number of carbonyl (C=O) groups excluding carboxylic acids is 2. The number of aromatic nitrogens is 2. The molecular formula is C11H12Cl2N4O2. The number of benzene rings is 1. The molecule has 5 N–H and O–H groups in total. The van der Waals surface area contributed by atoms with Gasteiger partial charge in [-0.1, -0.05) is 6.07 Å². The molecule has 2 amide bonds. The number of amides is 2. The summed E-state index contributed by atoms with van der Waals surface area (Å²) in [5.41, 5.74) is 12.0. The van der Waals surface area contributed by atoms with E-state index in [-0.39, 0.29) is 35.9 Å². The van der Waals surface area contributed by atoms with Crippen LogP contribution < -0.4 is 11.5 Å². The van der Waals surface area contributed by atoms with Crippen molar-refractivity contribution < 1.29 is 9.59 Å². The van der Waals surface area contributed by atoms with Crippen LogP contribution >= 0.6 is 24.8 Å². The lowest BCUT2D eigenvalue weighted by Crippen LogP contribution is -2.17. The van der Waals surface area contributed by atoms with E-state index in [4.69, 9.17) is 11.5 Å². The number of aromatic amines is 1. The molecule has 102 valence electrons. The van der Waals surface area contributed by atoms with Crippen LogP contribution in [-0.4, -0.2) is 22.0 Å². The fourth-order valence-electron chi connectivity index (χ4n) is 1.66. The van der Waals surface area contributed by atoms with Gasteiger partial charge >= 0.3 is 0 Å². The van der Waals surface area contributed by atoms with Crippen molar-refractivity contribution in [2.75, 3.05) is 0 Å². The zero-order chi connectivity index (χ0) is 12.4. The number of nitrogens with zero attached hydrogens (tertiary/aromatic N) is 1. The van der Waals surface area contributed by atoms with Gasteiger partial charge in [-0.05, 0) is 12.1 Å². The normalized spacial score (nSPS) is 9.05. The molecule has 0 fully saturated rings. The van der Waals surface area contributed by atoms with E-state index in [0.29, 0.717) is 11.1 Å². The summed E-state index contributed by atoms with van der Waals surface area (Å²) in [4.78, 5) is 22.7. The summed E-state index contributed by atoms with van der Waals surface area (Å²) in [5.74, 6) is -1.24. The average molecular weight is 303 g/mol. The Hall–Kier alpha value is -2.05. The Morgan fingerprint density at radius 1 is 1.05 bits per heavy atom. The van der Waals surface area contributed by atoms with Crippen molar-refractivity contribution >= 4 is 36.6 Å². The third-order valence-electron chi connectivity index (χ3n) is 2.38. The summed E-state index contributed by atoms with van der Waals surface area (Å²) < 4.78 is 0. The molecule has 0 saturated carbocycles. The van der Waals surface area contributed by atoms with E-state index in [1.54, 1.807) is 12.3 Å². The second kappa shape index (κ2) is 6.77. The van der Waals surface area contributed by atoms with E-state index >= 15 is 0 Å². The smallest absolute Gasteiger partial charge is 0.249 e. The Balaban J connectivity index is 0.00000162. The number of H-pyrrole nitrogens is 1. The first-order valence-corrected chi connectivity index (χ1v) is 4.83. The first-order chi connectivity index (χ1) is 8.11. The molecule has 0 atom stereocenters.